The molecule has 0 saturated carbocycles. The van der Waals surface area contributed by atoms with Crippen molar-refractivity contribution in [1.82, 2.24) is 5.54 Å². The minimum Gasteiger partial charge on any atom is -0.394 e. The third kappa shape index (κ3) is 3.94. The van der Waals surface area contributed by atoms with Gasteiger partial charge >= 0.3 is 0 Å². The van der Waals surface area contributed by atoms with Crippen LogP contribution in [-0.2, 0) is 0 Å². The van der Waals surface area contributed by atoms with E-state index in [0.717, 1.165) is 5.54 Å². The van der Waals surface area contributed by atoms with Crippen molar-refractivity contribution >= 4 is 0 Å². The lowest BCUT2D eigenvalue weighted by molar-refractivity contribution is -0.115. The van der Waals surface area contributed by atoms with Crippen LogP contribution >= 0.6 is 0 Å². The molecule has 0 spiro atoms. The number of halogens is 1. The fourth-order valence-electron chi connectivity index (χ4n) is 0.763. The lowest BCUT2D eigenvalue weighted by Gasteiger charge is -2.24. The lowest BCUT2D eigenvalue weighted by Crippen LogP contribution is -2.48. The third-order valence-electron chi connectivity index (χ3n) is 1.61. The summed E-state index contributed by atoms with van der Waals surface area (Å²) in [6.45, 7) is -1.33. The molecule has 4 unspecified atom stereocenters. The zero-order valence-electron chi connectivity index (χ0n) is 6.84. The van der Waals surface area contributed by atoms with Crippen molar-refractivity contribution < 1.29 is 30.0 Å². The average Bonchev–Trinajstić information content (AvgIpc) is 2.14. The molecule has 0 aromatic carbocycles. The van der Waals surface area contributed by atoms with Crippen LogP contribution in [0.25, 0.3) is 0 Å². The molecular weight excluding hydrogens is 185 g/mol. The highest BCUT2D eigenvalue weighted by Crippen LogP contribution is 2.04. The van der Waals surface area contributed by atoms with Crippen LogP contribution < -0.4 is 5.54 Å². The summed E-state index contributed by atoms with van der Waals surface area (Å²) in [7, 11) is 0. The maximum Gasteiger partial charge on any atom is 0.111 e. The first-order valence-corrected chi connectivity index (χ1v) is 3.71. The Balaban J connectivity index is 3.99. The van der Waals surface area contributed by atoms with Gasteiger partial charge in [0.2, 0.25) is 0 Å². The largest absolute Gasteiger partial charge is 0.394 e. The van der Waals surface area contributed by atoms with Gasteiger partial charge in [-0.3, -0.25) is 0 Å². The number of hydrogen-bond donors (Lipinski definition) is 6. The normalized spacial score (nSPS) is 20.8. The molecule has 0 radical (unpaired) electrons. The number of nitrogens with one attached hydrogen (secondary N) is 1. The zero-order valence-corrected chi connectivity index (χ0v) is 6.84. The van der Waals surface area contributed by atoms with Crippen molar-refractivity contribution in [2.45, 2.75) is 24.4 Å². The smallest absolute Gasteiger partial charge is 0.111 e. The van der Waals surface area contributed by atoms with Gasteiger partial charge in [-0.1, -0.05) is 0 Å². The van der Waals surface area contributed by atoms with Crippen LogP contribution in [0.15, 0.2) is 0 Å². The molecule has 13 heavy (non-hydrogen) atoms. The van der Waals surface area contributed by atoms with Gasteiger partial charge in [-0.2, -0.15) is 5.54 Å². The summed E-state index contributed by atoms with van der Waals surface area (Å²) < 4.78 is 11.4. The van der Waals surface area contributed by atoms with Gasteiger partial charge in [0.25, 0.3) is 0 Å². The Labute approximate surface area is 74.2 Å². The summed E-state index contributed by atoms with van der Waals surface area (Å²) in [5.74, 6) is 0. The van der Waals surface area contributed by atoms with E-state index in [0.29, 0.717) is 0 Å². The predicted octanol–water partition coefficient (Wildman–Crippen LogP) is -3.10. The highest BCUT2D eigenvalue weighted by atomic mass is 19.2. The molecule has 0 aromatic heterocycles. The van der Waals surface area contributed by atoms with Crippen molar-refractivity contribution in [3.63, 3.8) is 0 Å². The molecule has 0 aliphatic heterocycles. The van der Waals surface area contributed by atoms with E-state index in [-0.39, 0.29) is 0 Å². The van der Waals surface area contributed by atoms with Crippen molar-refractivity contribution in [2.75, 3.05) is 13.2 Å². The van der Waals surface area contributed by atoms with E-state index < -0.39 is 37.6 Å². The highest BCUT2D eigenvalue weighted by molar-refractivity contribution is 4.80. The molecule has 0 aliphatic rings. The minimum atomic E-state index is -1.72. The quantitative estimate of drug-likeness (QED) is 0.253. The highest BCUT2D eigenvalue weighted by Gasteiger charge is 2.29. The molecule has 0 saturated heterocycles. The van der Waals surface area contributed by atoms with Gasteiger partial charge in [-0.25, -0.2) is 0 Å². The first-order valence-electron chi connectivity index (χ1n) is 3.71. The summed E-state index contributed by atoms with van der Waals surface area (Å²) >= 11 is 0. The fraction of sp³-hybridized carbons (Fsp3) is 1.00. The summed E-state index contributed by atoms with van der Waals surface area (Å²) in [5, 5.41) is 44.2. The molecule has 0 heterocycles. The first kappa shape index (κ1) is 12.7. The van der Waals surface area contributed by atoms with E-state index in [1.165, 1.54) is 0 Å². The number of hydrogen-bond acceptors (Lipinski definition) is 6. The van der Waals surface area contributed by atoms with Crippen LogP contribution in [-0.4, -0.2) is 63.1 Å². The van der Waals surface area contributed by atoms with Crippen molar-refractivity contribution in [2.24, 2.45) is 0 Å². The SMILES string of the molecule is OCC(O)C(O)C(O)C(O)CNF. The molecule has 0 rings (SSSR count). The monoisotopic (exact) mass is 199 g/mol. The average molecular weight is 199 g/mol. The van der Waals surface area contributed by atoms with Gasteiger partial charge in [0.05, 0.1) is 19.3 Å². The molecule has 0 amide bonds. The van der Waals surface area contributed by atoms with Crippen LogP contribution in [0.1, 0.15) is 0 Å². The van der Waals surface area contributed by atoms with E-state index in [9.17, 15) is 4.48 Å². The molecular formula is C6H14FNO5. The molecule has 0 fully saturated rings. The summed E-state index contributed by atoms with van der Waals surface area (Å²) in [5.41, 5.74) is 1.09. The van der Waals surface area contributed by atoms with E-state index in [1.807, 2.05) is 0 Å². The Bertz CT molecular complexity index is 138. The summed E-state index contributed by atoms with van der Waals surface area (Å²) in [6, 6.07) is 0. The molecule has 6 N–H and O–H groups in total. The Kier molecular flexibility index (Phi) is 6.04. The fourth-order valence-corrected chi connectivity index (χ4v) is 0.763. The second-order valence-corrected chi connectivity index (χ2v) is 2.64. The predicted molar refractivity (Wildman–Crippen MR) is 40.2 cm³/mol. The van der Waals surface area contributed by atoms with E-state index >= 15 is 0 Å². The first-order chi connectivity index (χ1) is 6.04. The van der Waals surface area contributed by atoms with Gasteiger partial charge in [0, 0.05) is 0 Å². The van der Waals surface area contributed by atoms with Gasteiger partial charge in [-0.05, 0) is 0 Å². The lowest BCUT2D eigenvalue weighted by atomic mass is 10.0. The maximum absolute atomic E-state index is 11.4. The molecule has 7 heteroatoms. The Morgan fingerprint density at radius 3 is 1.85 bits per heavy atom. The summed E-state index contributed by atoms with van der Waals surface area (Å²) in [6.07, 6.45) is -6.55. The summed E-state index contributed by atoms with van der Waals surface area (Å²) in [4.78, 5) is 0. The topological polar surface area (TPSA) is 113 Å². The van der Waals surface area contributed by atoms with E-state index in [2.05, 4.69) is 0 Å². The standard InChI is InChI=1S/C6H14FNO5/c7-8-1-3(10)5(12)6(13)4(11)2-9/h3-6,8-13H,1-2H2. The van der Waals surface area contributed by atoms with Crippen LogP contribution in [0.3, 0.4) is 0 Å². The van der Waals surface area contributed by atoms with Gasteiger partial charge in [-0.15, -0.1) is 4.48 Å². The van der Waals surface area contributed by atoms with Gasteiger partial charge < -0.3 is 25.5 Å². The van der Waals surface area contributed by atoms with Crippen LogP contribution in [0.2, 0.25) is 0 Å². The Morgan fingerprint density at radius 2 is 1.46 bits per heavy atom. The third-order valence-corrected chi connectivity index (χ3v) is 1.61. The second-order valence-electron chi connectivity index (χ2n) is 2.64. The van der Waals surface area contributed by atoms with Crippen molar-refractivity contribution in [3.8, 4) is 0 Å². The molecule has 0 bridgehead atoms. The Hall–Kier alpha value is -0.310. The van der Waals surface area contributed by atoms with Crippen LogP contribution in [0.5, 0.6) is 0 Å². The molecule has 0 aromatic rings. The van der Waals surface area contributed by atoms with E-state index in [4.69, 9.17) is 25.5 Å². The van der Waals surface area contributed by atoms with Crippen LogP contribution in [0.4, 0.5) is 4.48 Å². The maximum atomic E-state index is 11.4. The number of aliphatic hydroxyl groups is 5. The molecule has 6 nitrogen and oxygen atoms in total. The Morgan fingerprint density at radius 1 is 1.00 bits per heavy atom. The number of aliphatic hydroxyl groups excluding tert-OH is 5. The van der Waals surface area contributed by atoms with Crippen molar-refractivity contribution in [3.05, 3.63) is 0 Å². The van der Waals surface area contributed by atoms with Crippen LogP contribution in [0, 0.1) is 0 Å². The number of rotatable bonds is 6. The zero-order chi connectivity index (χ0) is 10.4. The van der Waals surface area contributed by atoms with Crippen molar-refractivity contribution in [1.29, 1.82) is 0 Å². The second kappa shape index (κ2) is 6.19. The van der Waals surface area contributed by atoms with Gasteiger partial charge in [0.1, 0.15) is 18.3 Å². The van der Waals surface area contributed by atoms with Gasteiger partial charge in [0.15, 0.2) is 0 Å². The minimum absolute atomic E-state index is 0.573. The van der Waals surface area contributed by atoms with E-state index in [1.54, 1.807) is 0 Å². The molecule has 0 aliphatic carbocycles. The molecule has 4 atom stereocenters. The molecule has 80 valence electrons.